The Labute approximate surface area is 141 Å². The number of carbonyl (C=O) groups is 1. The molecule has 0 bridgehead atoms. The van der Waals surface area contributed by atoms with E-state index in [1.165, 1.54) is 0 Å². The van der Waals surface area contributed by atoms with Crippen LogP contribution in [0.1, 0.15) is 18.1 Å². The number of halogens is 1. The fraction of sp³-hybridized carbons (Fsp3) is 0.133. The zero-order chi connectivity index (χ0) is 12.3. The van der Waals surface area contributed by atoms with Crippen molar-refractivity contribution in [2.24, 2.45) is 0 Å². The Bertz CT molecular complexity index is 475. The van der Waals surface area contributed by atoms with E-state index in [2.05, 4.69) is 0 Å². The van der Waals surface area contributed by atoms with Gasteiger partial charge in [0.25, 0.3) is 0 Å². The van der Waals surface area contributed by atoms with E-state index < -0.39 is 11.4 Å². The fourth-order valence-corrected chi connectivity index (χ4v) is 1.96. The van der Waals surface area contributed by atoms with E-state index in [1.54, 1.807) is 6.92 Å². The van der Waals surface area contributed by atoms with Crippen LogP contribution >= 0.6 is 0 Å². The van der Waals surface area contributed by atoms with Crippen molar-refractivity contribution >= 4 is 5.97 Å². The third-order valence-corrected chi connectivity index (χ3v) is 3.13. The van der Waals surface area contributed by atoms with E-state index in [4.69, 9.17) is 0 Å². The Morgan fingerprint density at radius 3 is 1.47 bits per heavy atom. The quantitative estimate of drug-likeness (QED) is 0.614. The molecule has 0 saturated carbocycles. The molecular formula is C15H14ClNaO2. The van der Waals surface area contributed by atoms with Crippen LogP contribution in [0.2, 0.25) is 0 Å². The Morgan fingerprint density at radius 1 is 0.895 bits per heavy atom. The SMILES string of the molecule is CC(C(=O)O)(c1ccccc1)c1ccccc1.[Cl-].[Na+]. The van der Waals surface area contributed by atoms with Gasteiger partial charge in [-0.05, 0) is 18.1 Å². The van der Waals surface area contributed by atoms with E-state index in [1.807, 2.05) is 60.7 Å². The monoisotopic (exact) mass is 284 g/mol. The van der Waals surface area contributed by atoms with Gasteiger partial charge in [0.05, 0.1) is 0 Å². The van der Waals surface area contributed by atoms with Gasteiger partial charge in [-0.15, -0.1) is 0 Å². The van der Waals surface area contributed by atoms with Crippen molar-refractivity contribution in [1.82, 2.24) is 0 Å². The third-order valence-electron chi connectivity index (χ3n) is 3.13. The van der Waals surface area contributed by atoms with Gasteiger partial charge in [-0.2, -0.15) is 0 Å². The molecule has 0 spiro atoms. The van der Waals surface area contributed by atoms with E-state index in [0.29, 0.717) is 0 Å². The first-order chi connectivity index (χ1) is 8.15. The van der Waals surface area contributed by atoms with Crippen molar-refractivity contribution in [3.63, 3.8) is 0 Å². The van der Waals surface area contributed by atoms with Gasteiger partial charge >= 0.3 is 35.5 Å². The molecule has 94 valence electrons. The van der Waals surface area contributed by atoms with Crippen molar-refractivity contribution in [2.45, 2.75) is 12.3 Å². The van der Waals surface area contributed by atoms with Gasteiger partial charge < -0.3 is 17.5 Å². The number of hydrogen-bond donors (Lipinski definition) is 1. The maximum atomic E-state index is 11.6. The molecule has 0 unspecified atom stereocenters. The van der Waals surface area contributed by atoms with Crippen molar-refractivity contribution in [1.29, 1.82) is 0 Å². The number of aliphatic carboxylic acids is 1. The van der Waals surface area contributed by atoms with Gasteiger partial charge in [-0.25, -0.2) is 0 Å². The molecule has 0 saturated heterocycles. The summed E-state index contributed by atoms with van der Waals surface area (Å²) in [6.45, 7) is 1.74. The molecule has 0 aliphatic heterocycles. The van der Waals surface area contributed by atoms with Crippen LogP contribution in [0.5, 0.6) is 0 Å². The molecule has 2 aromatic carbocycles. The molecule has 0 heterocycles. The minimum atomic E-state index is -0.998. The van der Waals surface area contributed by atoms with Gasteiger partial charge in [-0.1, -0.05) is 60.7 Å². The molecule has 1 N–H and O–H groups in total. The summed E-state index contributed by atoms with van der Waals surface area (Å²) in [4.78, 5) is 11.6. The molecular weight excluding hydrogens is 271 g/mol. The summed E-state index contributed by atoms with van der Waals surface area (Å²) in [7, 11) is 0. The third kappa shape index (κ3) is 3.61. The first-order valence-corrected chi connectivity index (χ1v) is 5.50. The minimum absolute atomic E-state index is 0. The van der Waals surface area contributed by atoms with Crippen molar-refractivity contribution in [3.8, 4) is 0 Å². The number of carboxylic acids is 1. The predicted molar refractivity (Wildman–Crippen MR) is 67.0 cm³/mol. The van der Waals surface area contributed by atoms with Gasteiger partial charge in [0.15, 0.2) is 0 Å². The molecule has 0 fully saturated rings. The Hall–Kier alpha value is -0.800. The molecule has 0 aliphatic rings. The normalized spacial score (nSPS) is 9.95. The molecule has 2 nitrogen and oxygen atoms in total. The Kier molecular flexibility index (Phi) is 7.38. The van der Waals surface area contributed by atoms with Crippen LogP contribution in [0.3, 0.4) is 0 Å². The molecule has 19 heavy (non-hydrogen) atoms. The summed E-state index contributed by atoms with van der Waals surface area (Å²) in [6, 6.07) is 18.6. The van der Waals surface area contributed by atoms with Crippen LogP contribution < -0.4 is 42.0 Å². The fourth-order valence-electron chi connectivity index (χ4n) is 1.96. The largest absolute Gasteiger partial charge is 1.00 e. The topological polar surface area (TPSA) is 37.3 Å². The summed E-state index contributed by atoms with van der Waals surface area (Å²) >= 11 is 0. The molecule has 0 atom stereocenters. The smallest absolute Gasteiger partial charge is 1.00 e. The molecule has 0 aliphatic carbocycles. The molecule has 0 amide bonds. The Morgan fingerprint density at radius 2 is 1.21 bits per heavy atom. The van der Waals surface area contributed by atoms with Gasteiger partial charge in [0.1, 0.15) is 5.41 Å². The van der Waals surface area contributed by atoms with Crippen molar-refractivity contribution in [2.75, 3.05) is 0 Å². The second-order valence-corrected chi connectivity index (χ2v) is 4.16. The number of carboxylic acid groups (broad SMARTS) is 1. The second-order valence-electron chi connectivity index (χ2n) is 4.16. The van der Waals surface area contributed by atoms with Crippen molar-refractivity contribution < 1.29 is 51.9 Å². The zero-order valence-corrected chi connectivity index (χ0v) is 13.8. The van der Waals surface area contributed by atoms with E-state index in [0.717, 1.165) is 11.1 Å². The average Bonchev–Trinajstić information content (AvgIpc) is 2.39. The number of benzene rings is 2. The van der Waals surface area contributed by atoms with Crippen LogP contribution in [0, 0.1) is 0 Å². The molecule has 0 radical (unpaired) electrons. The summed E-state index contributed by atoms with van der Waals surface area (Å²) < 4.78 is 0. The van der Waals surface area contributed by atoms with Gasteiger partial charge in [-0.3, -0.25) is 4.79 Å². The number of hydrogen-bond acceptors (Lipinski definition) is 1. The summed E-state index contributed by atoms with van der Waals surface area (Å²) in [5, 5.41) is 9.54. The zero-order valence-electron chi connectivity index (χ0n) is 11.0. The first kappa shape index (κ1) is 18.2. The van der Waals surface area contributed by atoms with Gasteiger partial charge in [0, 0.05) is 0 Å². The first-order valence-electron chi connectivity index (χ1n) is 5.50. The van der Waals surface area contributed by atoms with Crippen LogP contribution in [0.25, 0.3) is 0 Å². The second kappa shape index (κ2) is 7.71. The van der Waals surface area contributed by atoms with Gasteiger partial charge in [0.2, 0.25) is 0 Å². The average molecular weight is 285 g/mol. The molecule has 4 heteroatoms. The molecule has 2 rings (SSSR count). The molecule has 0 aromatic heterocycles. The Balaban J connectivity index is 0.00000162. The maximum Gasteiger partial charge on any atom is 1.00 e. The van der Waals surface area contributed by atoms with E-state index in [-0.39, 0.29) is 42.0 Å². The minimum Gasteiger partial charge on any atom is -1.00 e. The van der Waals surface area contributed by atoms with Crippen LogP contribution in [-0.4, -0.2) is 11.1 Å². The predicted octanol–water partition coefficient (Wildman–Crippen LogP) is -2.91. The standard InChI is InChI=1S/C15H14O2.ClH.Na/c1-15(14(16)17,12-8-4-2-5-9-12)13-10-6-3-7-11-13;;/h2-11H,1H3,(H,16,17);1H;/q;;+1/p-1. The van der Waals surface area contributed by atoms with Crippen molar-refractivity contribution in [3.05, 3.63) is 71.8 Å². The molecule has 2 aromatic rings. The van der Waals surface area contributed by atoms with E-state index >= 15 is 0 Å². The van der Waals surface area contributed by atoms with Crippen LogP contribution in [-0.2, 0) is 10.2 Å². The van der Waals surface area contributed by atoms with Crippen LogP contribution in [0.15, 0.2) is 60.7 Å². The van der Waals surface area contributed by atoms with E-state index in [9.17, 15) is 9.90 Å². The maximum absolute atomic E-state index is 11.6. The summed E-state index contributed by atoms with van der Waals surface area (Å²) in [6.07, 6.45) is 0. The number of rotatable bonds is 3. The summed E-state index contributed by atoms with van der Waals surface area (Å²) in [5.74, 6) is -0.838. The summed E-state index contributed by atoms with van der Waals surface area (Å²) in [5.41, 5.74) is 0.583. The van der Waals surface area contributed by atoms with Crippen LogP contribution in [0.4, 0.5) is 0 Å².